The molecule has 0 aliphatic carbocycles. The minimum absolute atomic E-state index is 0.0333. The summed E-state index contributed by atoms with van der Waals surface area (Å²) < 4.78 is 24.4. The van der Waals surface area contributed by atoms with Crippen molar-refractivity contribution in [3.05, 3.63) is 0 Å². The third-order valence-electron chi connectivity index (χ3n) is 3.46. The van der Waals surface area contributed by atoms with Crippen LogP contribution in [0.2, 0.25) is 0 Å². The van der Waals surface area contributed by atoms with Crippen molar-refractivity contribution >= 4 is 15.9 Å². The van der Waals surface area contributed by atoms with Gasteiger partial charge in [-0.2, -0.15) is 0 Å². The van der Waals surface area contributed by atoms with Crippen molar-refractivity contribution in [3.8, 4) is 0 Å². The van der Waals surface area contributed by atoms with Crippen LogP contribution in [0.3, 0.4) is 0 Å². The summed E-state index contributed by atoms with van der Waals surface area (Å²) in [5.74, 6) is -0.295. The highest BCUT2D eigenvalue weighted by atomic mass is 32.2. The Morgan fingerprint density at radius 2 is 2.16 bits per heavy atom. The number of hydrogen-bond donors (Lipinski definition) is 1. The van der Waals surface area contributed by atoms with E-state index in [9.17, 15) is 18.3 Å². The van der Waals surface area contributed by atoms with E-state index in [-0.39, 0.29) is 18.4 Å². The number of hydrogen-bond acceptors (Lipinski definition) is 4. The van der Waals surface area contributed by atoms with Gasteiger partial charge in [0.2, 0.25) is 15.9 Å². The number of carbonyl (C=O) groups excluding carboxylic acids is 1. The average molecular weight is 292 g/mol. The highest BCUT2D eigenvalue weighted by molar-refractivity contribution is 7.88. The lowest BCUT2D eigenvalue weighted by molar-refractivity contribution is -0.135. The van der Waals surface area contributed by atoms with Gasteiger partial charge in [0.05, 0.1) is 18.3 Å². The van der Waals surface area contributed by atoms with Gasteiger partial charge < -0.3 is 10.0 Å². The van der Waals surface area contributed by atoms with E-state index in [1.807, 2.05) is 0 Å². The minimum Gasteiger partial charge on any atom is -0.393 e. The van der Waals surface area contributed by atoms with Crippen LogP contribution in [0.1, 0.15) is 26.2 Å². The van der Waals surface area contributed by atoms with Crippen molar-refractivity contribution in [1.29, 1.82) is 0 Å². The zero-order valence-electron chi connectivity index (χ0n) is 11.9. The molecule has 19 heavy (non-hydrogen) atoms. The standard InChI is InChI=1S/C12H24N2O4S/c1-10(15)6-8-13(2)12(16)11-5-4-7-14(9-11)19(3,17)18/h10-11,15H,4-9H2,1-3H3. The smallest absolute Gasteiger partial charge is 0.226 e. The number of aliphatic hydroxyl groups is 1. The fourth-order valence-corrected chi connectivity index (χ4v) is 3.16. The molecule has 0 aromatic heterocycles. The van der Waals surface area contributed by atoms with Crippen molar-refractivity contribution < 1.29 is 18.3 Å². The molecule has 0 aromatic carbocycles. The van der Waals surface area contributed by atoms with Crippen molar-refractivity contribution in [1.82, 2.24) is 9.21 Å². The van der Waals surface area contributed by atoms with Gasteiger partial charge in [-0.25, -0.2) is 12.7 Å². The Kier molecular flexibility index (Phi) is 5.76. The van der Waals surface area contributed by atoms with Gasteiger partial charge in [-0.15, -0.1) is 0 Å². The monoisotopic (exact) mass is 292 g/mol. The fourth-order valence-electron chi connectivity index (χ4n) is 2.25. The lowest BCUT2D eigenvalue weighted by Gasteiger charge is -2.32. The summed E-state index contributed by atoms with van der Waals surface area (Å²) in [4.78, 5) is 13.8. The van der Waals surface area contributed by atoms with Crippen LogP contribution in [-0.2, 0) is 14.8 Å². The van der Waals surface area contributed by atoms with E-state index in [4.69, 9.17) is 0 Å². The second-order valence-electron chi connectivity index (χ2n) is 5.36. The zero-order chi connectivity index (χ0) is 14.6. The van der Waals surface area contributed by atoms with Crippen LogP contribution < -0.4 is 0 Å². The molecular weight excluding hydrogens is 268 g/mol. The first kappa shape index (κ1) is 16.4. The lowest BCUT2D eigenvalue weighted by atomic mass is 9.98. The molecule has 0 spiro atoms. The van der Waals surface area contributed by atoms with Crippen molar-refractivity contribution in [3.63, 3.8) is 0 Å². The summed E-state index contributed by atoms with van der Waals surface area (Å²) in [6.07, 6.45) is 2.72. The molecule has 6 nitrogen and oxygen atoms in total. The summed E-state index contributed by atoms with van der Waals surface area (Å²) in [7, 11) is -1.52. The second kappa shape index (κ2) is 6.67. The molecule has 0 bridgehead atoms. The first-order chi connectivity index (χ1) is 8.71. The molecule has 1 amide bonds. The zero-order valence-corrected chi connectivity index (χ0v) is 12.7. The summed E-state index contributed by atoms with van der Waals surface area (Å²) >= 11 is 0. The quantitative estimate of drug-likeness (QED) is 0.767. The van der Waals surface area contributed by atoms with Crippen LogP contribution in [0.25, 0.3) is 0 Å². The Bertz CT molecular complexity index is 408. The number of amides is 1. The maximum absolute atomic E-state index is 12.2. The summed E-state index contributed by atoms with van der Waals surface area (Å²) in [5.41, 5.74) is 0. The molecule has 1 N–H and O–H groups in total. The number of nitrogens with zero attached hydrogens (tertiary/aromatic N) is 2. The predicted octanol–water partition coefficient (Wildman–Crippen LogP) is -0.113. The molecular formula is C12H24N2O4S. The van der Waals surface area contributed by atoms with Crippen LogP contribution in [0.4, 0.5) is 0 Å². The molecule has 7 heteroatoms. The van der Waals surface area contributed by atoms with E-state index in [1.54, 1.807) is 18.9 Å². The number of aliphatic hydroxyl groups excluding tert-OH is 1. The van der Waals surface area contributed by atoms with Crippen molar-refractivity contribution in [2.75, 3.05) is 32.9 Å². The van der Waals surface area contributed by atoms with Crippen LogP contribution in [0.5, 0.6) is 0 Å². The van der Waals surface area contributed by atoms with E-state index in [2.05, 4.69) is 0 Å². The van der Waals surface area contributed by atoms with Crippen LogP contribution in [0.15, 0.2) is 0 Å². The van der Waals surface area contributed by atoms with E-state index in [0.717, 1.165) is 6.42 Å². The Hall–Kier alpha value is -0.660. The maximum Gasteiger partial charge on any atom is 0.226 e. The van der Waals surface area contributed by atoms with Crippen molar-refractivity contribution in [2.45, 2.75) is 32.3 Å². The summed E-state index contributed by atoms with van der Waals surface area (Å²) in [6.45, 7) is 2.95. The summed E-state index contributed by atoms with van der Waals surface area (Å²) in [6, 6.07) is 0. The molecule has 2 unspecified atom stereocenters. The highest BCUT2D eigenvalue weighted by Gasteiger charge is 2.31. The molecule has 1 heterocycles. The van der Waals surface area contributed by atoms with E-state index in [1.165, 1.54) is 10.6 Å². The molecule has 112 valence electrons. The van der Waals surface area contributed by atoms with Gasteiger partial charge in [-0.3, -0.25) is 4.79 Å². The first-order valence-electron chi connectivity index (χ1n) is 6.60. The van der Waals surface area contributed by atoms with Crippen LogP contribution in [-0.4, -0.2) is 67.7 Å². The molecule has 1 saturated heterocycles. The van der Waals surface area contributed by atoms with E-state index < -0.39 is 16.1 Å². The first-order valence-corrected chi connectivity index (χ1v) is 8.45. The highest BCUT2D eigenvalue weighted by Crippen LogP contribution is 2.20. The fraction of sp³-hybridized carbons (Fsp3) is 0.917. The summed E-state index contributed by atoms with van der Waals surface area (Å²) in [5, 5.41) is 9.22. The topological polar surface area (TPSA) is 77.9 Å². The molecule has 1 aliphatic rings. The normalized spacial score (nSPS) is 23.1. The van der Waals surface area contributed by atoms with Crippen LogP contribution >= 0.6 is 0 Å². The molecule has 1 rings (SSSR count). The van der Waals surface area contributed by atoms with Gasteiger partial charge in [0, 0.05) is 26.7 Å². The van der Waals surface area contributed by atoms with Gasteiger partial charge in [0.1, 0.15) is 0 Å². The average Bonchev–Trinajstić information content (AvgIpc) is 2.34. The predicted molar refractivity (Wildman–Crippen MR) is 73.1 cm³/mol. The van der Waals surface area contributed by atoms with Crippen LogP contribution in [0, 0.1) is 5.92 Å². The van der Waals surface area contributed by atoms with Gasteiger partial charge >= 0.3 is 0 Å². The lowest BCUT2D eigenvalue weighted by Crippen LogP contribution is -2.45. The van der Waals surface area contributed by atoms with E-state index in [0.29, 0.717) is 25.9 Å². The molecule has 2 atom stereocenters. The third kappa shape index (κ3) is 5.08. The minimum atomic E-state index is -3.22. The largest absolute Gasteiger partial charge is 0.393 e. The Morgan fingerprint density at radius 3 is 2.68 bits per heavy atom. The van der Waals surface area contributed by atoms with Gasteiger partial charge in [0.25, 0.3) is 0 Å². The molecule has 0 radical (unpaired) electrons. The third-order valence-corrected chi connectivity index (χ3v) is 4.73. The van der Waals surface area contributed by atoms with Crippen molar-refractivity contribution in [2.24, 2.45) is 5.92 Å². The van der Waals surface area contributed by atoms with Gasteiger partial charge in [-0.05, 0) is 26.2 Å². The SMILES string of the molecule is CC(O)CCN(C)C(=O)C1CCCN(S(C)(=O)=O)C1. The molecule has 1 aliphatic heterocycles. The van der Waals surface area contributed by atoms with Gasteiger partial charge in [-0.1, -0.05) is 0 Å². The number of sulfonamides is 1. The number of carbonyl (C=O) groups is 1. The Labute approximate surface area is 115 Å². The Balaban J connectivity index is 2.57. The van der Waals surface area contributed by atoms with Gasteiger partial charge in [0.15, 0.2) is 0 Å². The maximum atomic E-state index is 12.2. The molecule has 0 aromatic rings. The Morgan fingerprint density at radius 1 is 1.53 bits per heavy atom. The second-order valence-corrected chi connectivity index (χ2v) is 7.34. The van der Waals surface area contributed by atoms with E-state index >= 15 is 0 Å². The number of rotatable bonds is 5. The number of piperidine rings is 1. The molecule has 0 saturated carbocycles. The molecule has 1 fully saturated rings.